The molecule has 26 heavy (non-hydrogen) atoms. The molecular formula is C19H28N4O3. The Morgan fingerprint density at radius 1 is 1.27 bits per heavy atom. The number of fused-ring (bicyclic) bond motifs is 1. The third-order valence-corrected chi connectivity index (χ3v) is 5.39. The third kappa shape index (κ3) is 3.83. The summed E-state index contributed by atoms with van der Waals surface area (Å²) in [6, 6.07) is 7.65. The number of para-hydroxylation sites is 2. The number of carbonyl (C=O) groups is 1. The fourth-order valence-corrected chi connectivity index (χ4v) is 3.80. The summed E-state index contributed by atoms with van der Waals surface area (Å²) in [5.41, 5.74) is 1.66. The van der Waals surface area contributed by atoms with Crippen molar-refractivity contribution in [3.63, 3.8) is 0 Å². The molecule has 2 N–H and O–H groups in total. The second kappa shape index (κ2) is 8.05. The second-order valence-electron chi connectivity index (χ2n) is 7.19. The summed E-state index contributed by atoms with van der Waals surface area (Å²) in [4.78, 5) is 24.8. The Bertz CT molecular complexity index is 812. The van der Waals surface area contributed by atoms with Crippen LogP contribution in [0.15, 0.2) is 29.1 Å². The predicted molar refractivity (Wildman–Crippen MR) is 101 cm³/mol. The van der Waals surface area contributed by atoms with E-state index >= 15 is 0 Å². The molecule has 0 atom stereocenters. The summed E-state index contributed by atoms with van der Waals surface area (Å²) in [6.45, 7) is 3.55. The monoisotopic (exact) mass is 360 g/mol. The van der Waals surface area contributed by atoms with E-state index in [1.165, 1.54) is 0 Å². The van der Waals surface area contributed by atoms with Crippen LogP contribution in [-0.4, -0.2) is 48.4 Å². The molecule has 3 rings (SSSR count). The van der Waals surface area contributed by atoms with Crippen LogP contribution in [-0.2, 0) is 23.1 Å². The zero-order valence-corrected chi connectivity index (χ0v) is 15.6. The van der Waals surface area contributed by atoms with Crippen molar-refractivity contribution in [2.45, 2.75) is 25.8 Å². The number of methoxy groups -OCH3 is 1. The van der Waals surface area contributed by atoms with E-state index < -0.39 is 0 Å². The zero-order valence-electron chi connectivity index (χ0n) is 15.6. The number of imidazole rings is 1. The lowest BCUT2D eigenvalue weighted by molar-refractivity contribution is -0.122. The Morgan fingerprint density at radius 3 is 2.65 bits per heavy atom. The highest BCUT2D eigenvalue weighted by atomic mass is 16.5. The first kappa shape index (κ1) is 18.7. The van der Waals surface area contributed by atoms with E-state index in [1.54, 1.807) is 23.3 Å². The van der Waals surface area contributed by atoms with Crippen LogP contribution in [0.2, 0.25) is 0 Å². The minimum atomic E-state index is -0.0896. The maximum atomic E-state index is 12.4. The molecule has 0 saturated carbocycles. The molecule has 1 aliphatic rings. The van der Waals surface area contributed by atoms with E-state index in [9.17, 15) is 9.59 Å². The van der Waals surface area contributed by atoms with Gasteiger partial charge in [-0.3, -0.25) is 13.9 Å². The molecule has 7 heteroatoms. The smallest absolute Gasteiger partial charge is 0.328 e. The SMILES string of the molecule is COCC1(CNC(=O)CCn2c(=O)n(C)c3ccccc32)CCNCC1. The molecule has 7 nitrogen and oxygen atoms in total. The molecule has 1 aromatic carbocycles. The number of hydrogen-bond acceptors (Lipinski definition) is 4. The summed E-state index contributed by atoms with van der Waals surface area (Å²) in [5.74, 6) is -0.0288. The minimum Gasteiger partial charge on any atom is -0.384 e. The van der Waals surface area contributed by atoms with Crippen molar-refractivity contribution in [1.29, 1.82) is 0 Å². The number of piperidine rings is 1. The Kier molecular flexibility index (Phi) is 5.78. The quantitative estimate of drug-likeness (QED) is 0.768. The molecule has 1 saturated heterocycles. The van der Waals surface area contributed by atoms with E-state index in [2.05, 4.69) is 10.6 Å². The molecule has 2 aromatic rings. The van der Waals surface area contributed by atoms with E-state index in [1.807, 2.05) is 24.3 Å². The van der Waals surface area contributed by atoms with E-state index in [4.69, 9.17) is 4.74 Å². The van der Waals surface area contributed by atoms with Crippen molar-refractivity contribution in [3.8, 4) is 0 Å². The molecule has 1 fully saturated rings. The largest absolute Gasteiger partial charge is 0.384 e. The van der Waals surface area contributed by atoms with Crippen LogP contribution in [0.3, 0.4) is 0 Å². The van der Waals surface area contributed by atoms with Gasteiger partial charge in [0, 0.05) is 39.1 Å². The van der Waals surface area contributed by atoms with E-state index in [0.29, 0.717) is 19.7 Å². The highest BCUT2D eigenvalue weighted by molar-refractivity contribution is 5.77. The molecule has 0 aliphatic carbocycles. The molecule has 1 aliphatic heterocycles. The normalized spacial score (nSPS) is 16.7. The van der Waals surface area contributed by atoms with Gasteiger partial charge in [-0.1, -0.05) is 12.1 Å². The molecule has 0 unspecified atom stereocenters. The van der Waals surface area contributed by atoms with Crippen molar-refractivity contribution < 1.29 is 9.53 Å². The maximum Gasteiger partial charge on any atom is 0.328 e. The van der Waals surface area contributed by atoms with Crippen LogP contribution in [0, 0.1) is 5.41 Å². The molecule has 2 heterocycles. The number of rotatable bonds is 7. The maximum absolute atomic E-state index is 12.4. The lowest BCUT2D eigenvalue weighted by atomic mass is 9.79. The topological polar surface area (TPSA) is 77.3 Å². The van der Waals surface area contributed by atoms with Crippen LogP contribution in [0.4, 0.5) is 0 Å². The summed E-state index contributed by atoms with van der Waals surface area (Å²) in [5, 5.41) is 6.40. The van der Waals surface area contributed by atoms with Gasteiger partial charge in [-0.25, -0.2) is 4.79 Å². The lowest BCUT2D eigenvalue weighted by Gasteiger charge is -2.37. The van der Waals surface area contributed by atoms with Crippen molar-refractivity contribution in [1.82, 2.24) is 19.8 Å². The number of amides is 1. The van der Waals surface area contributed by atoms with Gasteiger partial charge in [0.25, 0.3) is 0 Å². The number of benzene rings is 1. The van der Waals surface area contributed by atoms with Crippen LogP contribution in [0.25, 0.3) is 11.0 Å². The van der Waals surface area contributed by atoms with Gasteiger partial charge in [-0.05, 0) is 38.1 Å². The fourth-order valence-electron chi connectivity index (χ4n) is 3.80. The fraction of sp³-hybridized carbons (Fsp3) is 0.579. The van der Waals surface area contributed by atoms with Crippen molar-refractivity contribution in [3.05, 3.63) is 34.7 Å². The highest BCUT2D eigenvalue weighted by Gasteiger charge is 2.32. The standard InChI is InChI=1S/C19H28N4O3/c1-22-15-5-3-4-6-16(15)23(18(22)25)12-7-17(24)21-13-19(14-26-2)8-10-20-11-9-19/h3-6,20H,7-14H2,1-2H3,(H,21,24). The van der Waals surface area contributed by atoms with Crippen LogP contribution in [0.1, 0.15) is 19.3 Å². The van der Waals surface area contributed by atoms with Gasteiger partial charge >= 0.3 is 5.69 Å². The van der Waals surface area contributed by atoms with Gasteiger partial charge < -0.3 is 15.4 Å². The number of aromatic nitrogens is 2. The molecular weight excluding hydrogens is 332 g/mol. The highest BCUT2D eigenvalue weighted by Crippen LogP contribution is 2.28. The molecule has 1 aromatic heterocycles. The van der Waals surface area contributed by atoms with Crippen LogP contribution >= 0.6 is 0 Å². The van der Waals surface area contributed by atoms with Gasteiger partial charge in [0.05, 0.1) is 17.6 Å². The predicted octanol–water partition coefficient (Wildman–Crippen LogP) is 0.863. The number of carbonyl (C=O) groups excluding carboxylic acids is 1. The van der Waals surface area contributed by atoms with Crippen LogP contribution < -0.4 is 16.3 Å². The van der Waals surface area contributed by atoms with Crippen molar-refractivity contribution in [2.75, 3.05) is 33.4 Å². The Labute approximate surface area is 153 Å². The van der Waals surface area contributed by atoms with Gasteiger partial charge in [0.2, 0.25) is 5.91 Å². The summed E-state index contributed by atoms with van der Waals surface area (Å²) < 4.78 is 8.68. The summed E-state index contributed by atoms with van der Waals surface area (Å²) in [7, 11) is 3.46. The van der Waals surface area contributed by atoms with Gasteiger partial charge in [-0.2, -0.15) is 0 Å². The zero-order chi connectivity index (χ0) is 18.6. The Hall–Kier alpha value is -2.12. The van der Waals surface area contributed by atoms with E-state index in [0.717, 1.165) is 37.0 Å². The average Bonchev–Trinajstić information content (AvgIpc) is 2.90. The van der Waals surface area contributed by atoms with Crippen molar-refractivity contribution >= 4 is 16.9 Å². The Morgan fingerprint density at radius 2 is 1.96 bits per heavy atom. The first-order valence-electron chi connectivity index (χ1n) is 9.17. The number of nitrogens with one attached hydrogen (secondary N) is 2. The summed E-state index contributed by atoms with van der Waals surface area (Å²) in [6.07, 6.45) is 2.27. The van der Waals surface area contributed by atoms with Crippen molar-refractivity contribution in [2.24, 2.45) is 12.5 Å². The Balaban J connectivity index is 1.61. The average molecular weight is 360 g/mol. The number of aryl methyl sites for hydroxylation is 2. The molecule has 0 bridgehead atoms. The third-order valence-electron chi connectivity index (χ3n) is 5.39. The van der Waals surface area contributed by atoms with Gasteiger partial charge in [0.1, 0.15) is 0 Å². The molecule has 0 radical (unpaired) electrons. The molecule has 0 spiro atoms. The number of nitrogens with zero attached hydrogens (tertiary/aromatic N) is 2. The van der Waals surface area contributed by atoms with Gasteiger partial charge in [-0.15, -0.1) is 0 Å². The molecule has 142 valence electrons. The first-order valence-corrected chi connectivity index (χ1v) is 9.17. The number of ether oxygens (including phenoxy) is 1. The minimum absolute atomic E-state index is 0.00589. The first-order chi connectivity index (χ1) is 12.6. The van der Waals surface area contributed by atoms with Gasteiger partial charge in [0.15, 0.2) is 0 Å². The number of hydrogen-bond donors (Lipinski definition) is 2. The molecule has 1 amide bonds. The van der Waals surface area contributed by atoms with Crippen LogP contribution in [0.5, 0.6) is 0 Å². The summed E-state index contributed by atoms with van der Waals surface area (Å²) >= 11 is 0. The van der Waals surface area contributed by atoms with E-state index in [-0.39, 0.29) is 23.4 Å². The lowest BCUT2D eigenvalue weighted by Crippen LogP contribution is -2.47. The second-order valence-corrected chi connectivity index (χ2v) is 7.19.